The topological polar surface area (TPSA) is 33.2 Å². The van der Waals surface area contributed by atoms with E-state index in [4.69, 9.17) is 0 Å². The fourth-order valence-electron chi connectivity index (χ4n) is 1.78. The predicted molar refractivity (Wildman–Crippen MR) is 75.0 cm³/mol. The fraction of sp³-hybridized carbons (Fsp3) is 0.286. The van der Waals surface area contributed by atoms with E-state index in [0.717, 1.165) is 10.6 Å². The molecule has 0 bridgehead atoms. The van der Waals surface area contributed by atoms with Crippen molar-refractivity contribution in [2.45, 2.75) is 13.8 Å². The number of hydrogen-bond donors (Lipinski definition) is 0. The first kappa shape index (κ1) is 12.8. The van der Waals surface area contributed by atoms with Gasteiger partial charge in [-0.25, -0.2) is 4.98 Å². The zero-order valence-electron chi connectivity index (χ0n) is 11.0. The first-order valence-corrected chi connectivity index (χ1v) is 6.62. The van der Waals surface area contributed by atoms with E-state index < -0.39 is 0 Å². The summed E-state index contributed by atoms with van der Waals surface area (Å²) in [5, 5.41) is 2.72. The minimum absolute atomic E-state index is 0.0535. The number of aryl methyl sites for hydroxylation is 2. The number of carbonyl (C=O) groups excluding carboxylic acids is 1. The number of carbonyl (C=O) groups is 1. The van der Waals surface area contributed by atoms with Crippen molar-refractivity contribution < 1.29 is 4.79 Å². The summed E-state index contributed by atoms with van der Waals surface area (Å²) >= 11 is 1.51. The molecule has 0 fully saturated rings. The average Bonchev–Trinajstić information content (AvgIpc) is 2.77. The average molecular weight is 260 g/mol. The quantitative estimate of drug-likeness (QED) is 0.831. The normalized spacial score (nSPS) is 10.4. The van der Waals surface area contributed by atoms with Gasteiger partial charge in [-0.3, -0.25) is 4.79 Å². The van der Waals surface area contributed by atoms with E-state index in [0.29, 0.717) is 5.69 Å². The molecule has 0 radical (unpaired) electrons. The SMILES string of the molecule is Cc1ccc(-c2nc(C(=O)N(C)C)cs2)c(C)c1. The summed E-state index contributed by atoms with van der Waals surface area (Å²) in [4.78, 5) is 17.8. The number of amides is 1. The van der Waals surface area contributed by atoms with Gasteiger partial charge in [-0.15, -0.1) is 11.3 Å². The maximum absolute atomic E-state index is 11.8. The molecule has 2 rings (SSSR count). The number of rotatable bonds is 2. The number of nitrogens with zero attached hydrogens (tertiary/aromatic N) is 2. The lowest BCUT2D eigenvalue weighted by Crippen LogP contribution is -2.21. The van der Waals surface area contributed by atoms with Crippen LogP contribution in [0.1, 0.15) is 21.6 Å². The van der Waals surface area contributed by atoms with E-state index in [9.17, 15) is 4.79 Å². The Hall–Kier alpha value is -1.68. The molecule has 2 aromatic rings. The fourth-order valence-corrected chi connectivity index (χ4v) is 2.66. The lowest BCUT2D eigenvalue weighted by molar-refractivity contribution is 0.0823. The van der Waals surface area contributed by atoms with Gasteiger partial charge in [-0.05, 0) is 19.4 Å². The van der Waals surface area contributed by atoms with Crippen LogP contribution in [0.2, 0.25) is 0 Å². The summed E-state index contributed by atoms with van der Waals surface area (Å²) in [5.74, 6) is -0.0535. The molecule has 18 heavy (non-hydrogen) atoms. The molecule has 0 saturated carbocycles. The Morgan fingerprint density at radius 2 is 2.00 bits per heavy atom. The van der Waals surface area contributed by atoms with Gasteiger partial charge in [0.15, 0.2) is 0 Å². The van der Waals surface area contributed by atoms with Gasteiger partial charge in [-0.2, -0.15) is 0 Å². The van der Waals surface area contributed by atoms with Crippen LogP contribution < -0.4 is 0 Å². The molecule has 0 saturated heterocycles. The van der Waals surface area contributed by atoms with Crippen LogP contribution in [0.5, 0.6) is 0 Å². The van der Waals surface area contributed by atoms with Crippen LogP contribution >= 0.6 is 11.3 Å². The molecule has 1 aromatic carbocycles. The highest BCUT2D eigenvalue weighted by Gasteiger charge is 2.14. The molecular weight excluding hydrogens is 244 g/mol. The van der Waals surface area contributed by atoms with E-state index in [2.05, 4.69) is 37.0 Å². The molecule has 0 aliphatic carbocycles. The van der Waals surface area contributed by atoms with Gasteiger partial charge in [0.05, 0.1) is 0 Å². The lowest BCUT2D eigenvalue weighted by atomic mass is 10.1. The monoisotopic (exact) mass is 260 g/mol. The van der Waals surface area contributed by atoms with Crippen molar-refractivity contribution in [1.29, 1.82) is 0 Å². The Kier molecular flexibility index (Phi) is 3.48. The summed E-state index contributed by atoms with van der Waals surface area (Å²) in [6.45, 7) is 4.14. The summed E-state index contributed by atoms with van der Waals surface area (Å²) in [6.07, 6.45) is 0. The third-order valence-electron chi connectivity index (χ3n) is 2.74. The third kappa shape index (κ3) is 2.43. The molecule has 0 atom stereocenters. The lowest BCUT2D eigenvalue weighted by Gasteiger charge is -2.07. The molecule has 1 amide bonds. The minimum Gasteiger partial charge on any atom is -0.343 e. The van der Waals surface area contributed by atoms with Gasteiger partial charge in [-0.1, -0.05) is 23.8 Å². The summed E-state index contributed by atoms with van der Waals surface area (Å²) in [5.41, 5.74) is 4.04. The zero-order chi connectivity index (χ0) is 13.3. The van der Waals surface area contributed by atoms with Crippen LogP contribution in [0.15, 0.2) is 23.6 Å². The highest BCUT2D eigenvalue weighted by molar-refractivity contribution is 7.13. The smallest absolute Gasteiger partial charge is 0.272 e. The van der Waals surface area contributed by atoms with E-state index in [-0.39, 0.29) is 5.91 Å². The van der Waals surface area contributed by atoms with Gasteiger partial charge < -0.3 is 4.90 Å². The van der Waals surface area contributed by atoms with Crippen LogP contribution in [-0.2, 0) is 0 Å². The van der Waals surface area contributed by atoms with Crippen molar-refractivity contribution in [2.24, 2.45) is 0 Å². The third-order valence-corrected chi connectivity index (χ3v) is 3.62. The van der Waals surface area contributed by atoms with Crippen LogP contribution in [0.25, 0.3) is 10.6 Å². The van der Waals surface area contributed by atoms with Crippen LogP contribution in [-0.4, -0.2) is 29.9 Å². The van der Waals surface area contributed by atoms with Gasteiger partial charge in [0.2, 0.25) is 0 Å². The van der Waals surface area contributed by atoms with Gasteiger partial charge in [0.25, 0.3) is 5.91 Å². The molecule has 0 aliphatic heterocycles. The van der Waals surface area contributed by atoms with E-state index >= 15 is 0 Å². The molecule has 0 N–H and O–H groups in total. The maximum Gasteiger partial charge on any atom is 0.272 e. The molecule has 1 aromatic heterocycles. The Labute approximate surface area is 111 Å². The van der Waals surface area contributed by atoms with Crippen molar-refractivity contribution >= 4 is 17.2 Å². The van der Waals surface area contributed by atoms with E-state index in [1.54, 1.807) is 19.0 Å². The summed E-state index contributed by atoms with van der Waals surface area (Å²) in [7, 11) is 3.47. The molecule has 0 unspecified atom stereocenters. The van der Waals surface area contributed by atoms with Crippen LogP contribution in [0.3, 0.4) is 0 Å². The Bertz CT molecular complexity index is 587. The molecule has 4 heteroatoms. The van der Waals surface area contributed by atoms with Gasteiger partial charge >= 0.3 is 0 Å². The number of thiazole rings is 1. The summed E-state index contributed by atoms with van der Waals surface area (Å²) < 4.78 is 0. The molecule has 94 valence electrons. The van der Waals surface area contributed by atoms with Crippen molar-refractivity contribution in [2.75, 3.05) is 14.1 Å². The van der Waals surface area contributed by atoms with Crippen molar-refractivity contribution in [1.82, 2.24) is 9.88 Å². The first-order valence-electron chi connectivity index (χ1n) is 5.74. The van der Waals surface area contributed by atoms with Crippen LogP contribution in [0.4, 0.5) is 0 Å². The second-order valence-corrected chi connectivity index (χ2v) is 5.41. The molecule has 0 spiro atoms. The molecular formula is C14H16N2OS. The van der Waals surface area contributed by atoms with E-state index in [1.165, 1.54) is 22.5 Å². The second-order valence-electron chi connectivity index (χ2n) is 4.56. The highest BCUT2D eigenvalue weighted by Crippen LogP contribution is 2.27. The predicted octanol–water partition coefficient (Wildman–Crippen LogP) is 3.13. The second kappa shape index (κ2) is 4.90. The zero-order valence-corrected chi connectivity index (χ0v) is 11.8. The van der Waals surface area contributed by atoms with Crippen LogP contribution in [0, 0.1) is 13.8 Å². The standard InChI is InChI=1S/C14H16N2OS/c1-9-5-6-11(10(2)7-9)13-15-12(8-18-13)14(17)16(3)4/h5-8H,1-4H3. The van der Waals surface area contributed by atoms with Crippen molar-refractivity contribution in [3.63, 3.8) is 0 Å². The minimum atomic E-state index is -0.0535. The largest absolute Gasteiger partial charge is 0.343 e. The van der Waals surface area contributed by atoms with Gasteiger partial charge in [0.1, 0.15) is 10.7 Å². The highest BCUT2D eigenvalue weighted by atomic mass is 32.1. The Morgan fingerprint density at radius 1 is 1.28 bits per heavy atom. The first-order chi connectivity index (χ1) is 8.49. The molecule has 1 heterocycles. The number of benzene rings is 1. The molecule has 3 nitrogen and oxygen atoms in total. The van der Waals surface area contributed by atoms with Crippen molar-refractivity contribution in [3.8, 4) is 10.6 Å². The molecule has 0 aliphatic rings. The Morgan fingerprint density at radius 3 is 2.61 bits per heavy atom. The maximum atomic E-state index is 11.8. The van der Waals surface area contributed by atoms with Gasteiger partial charge in [0, 0.05) is 25.0 Å². The van der Waals surface area contributed by atoms with Crippen molar-refractivity contribution in [3.05, 3.63) is 40.4 Å². The Balaban J connectivity index is 2.38. The van der Waals surface area contributed by atoms with E-state index in [1.807, 2.05) is 5.38 Å². The summed E-state index contributed by atoms with van der Waals surface area (Å²) in [6, 6.07) is 6.26. The number of aromatic nitrogens is 1. The number of hydrogen-bond acceptors (Lipinski definition) is 3.